The molecule has 8 heteroatoms. The first-order valence-corrected chi connectivity index (χ1v) is 11.9. The Morgan fingerprint density at radius 2 is 1.69 bits per heavy atom. The largest absolute Gasteiger partial charge is 0.507 e. The van der Waals surface area contributed by atoms with Gasteiger partial charge in [-0.1, -0.05) is 24.3 Å². The van der Waals surface area contributed by atoms with E-state index >= 15 is 0 Å². The minimum Gasteiger partial charge on any atom is -0.507 e. The summed E-state index contributed by atoms with van der Waals surface area (Å²) in [4.78, 5) is 31.7. The second-order valence-electron chi connectivity index (χ2n) is 9.00. The summed E-state index contributed by atoms with van der Waals surface area (Å²) >= 11 is 0. The highest BCUT2D eigenvalue weighted by Gasteiger charge is 2.35. The minimum atomic E-state index is -0.453. The average Bonchev–Trinajstić information content (AvgIpc) is 3.53. The third-order valence-electron chi connectivity index (χ3n) is 6.92. The zero-order chi connectivity index (χ0) is 23.9. The molecule has 1 saturated heterocycles. The Kier molecular flexibility index (Phi) is 5.39. The lowest BCUT2D eigenvalue weighted by Gasteiger charge is -2.26. The first-order valence-electron chi connectivity index (χ1n) is 11.9. The van der Waals surface area contributed by atoms with Gasteiger partial charge in [-0.2, -0.15) is 0 Å². The van der Waals surface area contributed by atoms with Crippen molar-refractivity contribution in [3.8, 4) is 5.75 Å². The number of ether oxygens (including phenoxy) is 1. The van der Waals surface area contributed by atoms with Crippen LogP contribution in [-0.2, 0) is 20.9 Å². The number of phenolic OH excluding ortho intramolecular Hbond substituents is 1. The Hall–Kier alpha value is -3.88. The molecule has 1 fully saturated rings. The number of phenols is 1. The van der Waals surface area contributed by atoms with Gasteiger partial charge in [0.15, 0.2) is 0 Å². The number of morpholine rings is 1. The number of fused-ring (bicyclic) bond motifs is 2. The van der Waals surface area contributed by atoms with Crippen molar-refractivity contribution in [1.82, 2.24) is 19.8 Å². The van der Waals surface area contributed by atoms with Gasteiger partial charge in [-0.15, -0.1) is 0 Å². The summed E-state index contributed by atoms with van der Waals surface area (Å²) in [5, 5.41) is 14.7. The molecule has 2 amide bonds. The highest BCUT2D eigenvalue weighted by Crippen LogP contribution is 2.40. The van der Waals surface area contributed by atoms with Crippen molar-refractivity contribution >= 4 is 44.8 Å². The maximum Gasteiger partial charge on any atom is 0.259 e. The van der Waals surface area contributed by atoms with E-state index in [1.54, 1.807) is 18.3 Å². The topological polar surface area (TPSA) is 99.6 Å². The molecule has 2 aromatic heterocycles. The van der Waals surface area contributed by atoms with Crippen LogP contribution in [0.25, 0.3) is 33.0 Å². The molecule has 6 rings (SSSR count). The minimum absolute atomic E-state index is 0.0855. The van der Waals surface area contributed by atoms with Crippen LogP contribution in [-0.4, -0.2) is 64.2 Å². The summed E-state index contributed by atoms with van der Waals surface area (Å²) in [6, 6.07) is 13.0. The molecule has 0 spiro atoms. The molecule has 3 N–H and O–H groups in total. The number of amides is 2. The van der Waals surface area contributed by atoms with Gasteiger partial charge in [0.05, 0.1) is 29.9 Å². The van der Waals surface area contributed by atoms with Crippen LogP contribution in [0, 0.1) is 0 Å². The number of nitrogens with zero attached hydrogens (tertiary/aromatic N) is 2. The Labute approximate surface area is 201 Å². The number of carbonyl (C=O) groups excluding carboxylic acids is 2. The Morgan fingerprint density at radius 3 is 2.51 bits per heavy atom. The smallest absolute Gasteiger partial charge is 0.259 e. The van der Waals surface area contributed by atoms with E-state index in [-0.39, 0.29) is 11.3 Å². The molecule has 0 saturated carbocycles. The van der Waals surface area contributed by atoms with Crippen LogP contribution >= 0.6 is 0 Å². The Balaban J connectivity index is 1.45. The number of aryl methyl sites for hydroxylation is 1. The number of aromatic nitrogens is 2. The van der Waals surface area contributed by atoms with Crippen LogP contribution < -0.4 is 5.32 Å². The van der Waals surface area contributed by atoms with Gasteiger partial charge in [0.25, 0.3) is 11.8 Å². The van der Waals surface area contributed by atoms with Gasteiger partial charge in [-0.3, -0.25) is 19.8 Å². The number of nitrogens with one attached hydrogen (secondary N) is 2. The maximum atomic E-state index is 13.1. The lowest BCUT2D eigenvalue weighted by molar-refractivity contribution is -0.122. The average molecular weight is 471 g/mol. The van der Waals surface area contributed by atoms with Crippen LogP contribution in [0.3, 0.4) is 0 Å². The molecule has 0 atom stereocenters. The number of aromatic amines is 1. The van der Waals surface area contributed by atoms with E-state index in [0.717, 1.165) is 62.2 Å². The van der Waals surface area contributed by atoms with E-state index in [0.29, 0.717) is 22.1 Å². The monoisotopic (exact) mass is 470 g/mol. The van der Waals surface area contributed by atoms with E-state index in [4.69, 9.17) is 4.74 Å². The predicted octanol–water partition coefficient (Wildman–Crippen LogP) is 3.12. The molecule has 2 aliphatic heterocycles. The maximum absolute atomic E-state index is 13.1. The summed E-state index contributed by atoms with van der Waals surface area (Å²) in [6.45, 7) is 5.06. The van der Waals surface area contributed by atoms with E-state index in [9.17, 15) is 14.7 Å². The van der Waals surface area contributed by atoms with E-state index in [1.807, 2.05) is 36.5 Å². The van der Waals surface area contributed by atoms with Crippen LogP contribution in [0.1, 0.15) is 17.5 Å². The summed E-state index contributed by atoms with van der Waals surface area (Å²) in [7, 11) is 0. The van der Waals surface area contributed by atoms with Crippen molar-refractivity contribution in [2.75, 3.05) is 32.8 Å². The fourth-order valence-corrected chi connectivity index (χ4v) is 5.24. The summed E-state index contributed by atoms with van der Waals surface area (Å²) in [5.74, 6) is -0.799. The Bertz CT molecular complexity index is 1490. The molecule has 2 aromatic carbocycles. The summed E-state index contributed by atoms with van der Waals surface area (Å²) < 4.78 is 7.50. The number of para-hydroxylation sites is 1. The number of rotatable bonds is 6. The van der Waals surface area contributed by atoms with Crippen LogP contribution in [0.5, 0.6) is 5.75 Å². The standard InChI is InChI=1S/C27H26N4O4/c32-22-8-3-7-21-23(22)19(16-31(21)10-4-9-30-11-13-35-14-12-30)25-24(26(33)29-27(25)34)18-15-28-20-6-2-1-5-17(18)20/h1-3,5-8,15-16,28,32H,4,9-14H2,(H,29,33,34). The van der Waals surface area contributed by atoms with Crippen molar-refractivity contribution in [3.05, 3.63) is 66.0 Å². The van der Waals surface area contributed by atoms with Gasteiger partial charge in [-0.25, -0.2) is 0 Å². The van der Waals surface area contributed by atoms with Gasteiger partial charge in [-0.05, 0) is 24.6 Å². The highest BCUT2D eigenvalue weighted by atomic mass is 16.5. The quantitative estimate of drug-likeness (QED) is 0.376. The normalized spacial score (nSPS) is 17.1. The third-order valence-corrected chi connectivity index (χ3v) is 6.92. The van der Waals surface area contributed by atoms with Crippen LogP contribution in [0.2, 0.25) is 0 Å². The van der Waals surface area contributed by atoms with Crippen molar-refractivity contribution in [3.63, 3.8) is 0 Å². The molecule has 35 heavy (non-hydrogen) atoms. The molecule has 178 valence electrons. The number of H-pyrrole nitrogens is 1. The van der Waals surface area contributed by atoms with Gasteiger partial charge >= 0.3 is 0 Å². The van der Waals surface area contributed by atoms with Crippen molar-refractivity contribution in [1.29, 1.82) is 0 Å². The molecular weight excluding hydrogens is 444 g/mol. The van der Waals surface area contributed by atoms with Crippen molar-refractivity contribution in [2.24, 2.45) is 0 Å². The van der Waals surface area contributed by atoms with Crippen LogP contribution in [0.15, 0.2) is 54.9 Å². The number of hydrogen-bond acceptors (Lipinski definition) is 5. The van der Waals surface area contributed by atoms with E-state index in [2.05, 4.69) is 19.8 Å². The number of aromatic hydroxyl groups is 1. The number of carbonyl (C=O) groups is 2. The first kappa shape index (κ1) is 21.6. The van der Waals surface area contributed by atoms with E-state index in [1.165, 1.54) is 0 Å². The van der Waals surface area contributed by atoms with Gasteiger partial charge in [0.1, 0.15) is 5.75 Å². The van der Waals surface area contributed by atoms with Crippen LogP contribution in [0.4, 0.5) is 0 Å². The van der Waals surface area contributed by atoms with Gasteiger partial charge in [0.2, 0.25) is 0 Å². The lowest BCUT2D eigenvalue weighted by Crippen LogP contribution is -2.37. The SMILES string of the molecule is O=C1NC(=O)C(c2cn(CCCN3CCOCC3)c3cccc(O)c23)=C1c1c[nH]c2ccccc12. The van der Waals surface area contributed by atoms with Gasteiger partial charge in [0, 0.05) is 66.0 Å². The fourth-order valence-electron chi connectivity index (χ4n) is 5.24. The fraction of sp³-hybridized carbons (Fsp3) is 0.259. The summed E-state index contributed by atoms with van der Waals surface area (Å²) in [5.41, 5.74) is 3.56. The molecule has 2 aliphatic rings. The molecule has 0 bridgehead atoms. The third kappa shape index (κ3) is 3.71. The summed E-state index contributed by atoms with van der Waals surface area (Å²) in [6.07, 6.45) is 4.57. The molecule has 0 unspecified atom stereocenters. The van der Waals surface area contributed by atoms with E-state index < -0.39 is 11.8 Å². The van der Waals surface area contributed by atoms with Gasteiger partial charge < -0.3 is 19.4 Å². The number of imide groups is 1. The first-order chi connectivity index (χ1) is 17.1. The number of hydrogen-bond donors (Lipinski definition) is 3. The molecule has 4 aromatic rings. The predicted molar refractivity (Wildman–Crippen MR) is 134 cm³/mol. The van der Waals surface area contributed by atoms with Crippen molar-refractivity contribution < 1.29 is 19.4 Å². The molecule has 0 radical (unpaired) electrons. The molecule has 8 nitrogen and oxygen atoms in total. The van der Waals surface area contributed by atoms with Crippen molar-refractivity contribution in [2.45, 2.75) is 13.0 Å². The second-order valence-corrected chi connectivity index (χ2v) is 9.00. The molecule has 4 heterocycles. The lowest BCUT2D eigenvalue weighted by atomic mass is 9.95. The Morgan fingerprint density at radius 1 is 0.914 bits per heavy atom. The molecule has 0 aliphatic carbocycles. The second kappa shape index (κ2) is 8.72. The zero-order valence-electron chi connectivity index (χ0n) is 19.2. The zero-order valence-corrected chi connectivity index (χ0v) is 19.2. The molecular formula is C27H26N4O4. The number of benzene rings is 2. The highest BCUT2D eigenvalue weighted by molar-refractivity contribution is 6.50.